The summed E-state index contributed by atoms with van der Waals surface area (Å²) in [5.41, 5.74) is 0. The van der Waals surface area contributed by atoms with E-state index in [-0.39, 0.29) is 0 Å². The van der Waals surface area contributed by atoms with Gasteiger partial charge in [0.15, 0.2) is 0 Å². The number of hydrogen-bond acceptors (Lipinski definition) is 1. The molecule has 15 heavy (non-hydrogen) atoms. The van der Waals surface area contributed by atoms with Crippen LogP contribution in [0.1, 0.15) is 26.7 Å². The van der Waals surface area contributed by atoms with Crippen LogP contribution in [0, 0.1) is 47.3 Å². The third-order valence-electron chi connectivity index (χ3n) is 6.85. The van der Waals surface area contributed by atoms with Gasteiger partial charge in [-0.15, -0.1) is 0 Å². The lowest BCUT2D eigenvalue weighted by molar-refractivity contribution is 0.132. The fourth-order valence-electron chi connectivity index (χ4n) is 7.23. The number of hydrogen-bond donors (Lipinski definition) is 1. The van der Waals surface area contributed by atoms with Crippen LogP contribution < -0.4 is 5.32 Å². The van der Waals surface area contributed by atoms with Crippen LogP contribution in [-0.4, -0.2) is 12.1 Å². The Bertz CT molecular complexity index is 308. The van der Waals surface area contributed by atoms with Gasteiger partial charge in [0.05, 0.1) is 0 Å². The maximum atomic E-state index is 3.92. The van der Waals surface area contributed by atoms with Crippen molar-refractivity contribution >= 4 is 0 Å². The highest BCUT2D eigenvalue weighted by Gasteiger charge is 2.80. The quantitative estimate of drug-likeness (QED) is 0.725. The molecular weight excluding hydrogens is 182 g/mol. The summed E-state index contributed by atoms with van der Waals surface area (Å²) in [6.07, 6.45) is 3.27. The van der Waals surface area contributed by atoms with Crippen molar-refractivity contribution in [3.8, 4) is 0 Å². The van der Waals surface area contributed by atoms with Gasteiger partial charge in [0, 0.05) is 12.1 Å². The van der Waals surface area contributed by atoms with Gasteiger partial charge in [0.1, 0.15) is 0 Å². The molecule has 1 heteroatoms. The lowest BCUT2D eigenvalue weighted by Crippen LogP contribution is -2.39. The number of nitrogens with one attached hydrogen (secondary N) is 1. The molecule has 82 valence electrons. The molecule has 0 radical (unpaired) electrons. The molecule has 0 amide bonds. The van der Waals surface area contributed by atoms with Gasteiger partial charge < -0.3 is 5.32 Å². The van der Waals surface area contributed by atoms with Crippen LogP contribution in [0.2, 0.25) is 0 Å². The summed E-state index contributed by atoms with van der Waals surface area (Å²) < 4.78 is 0. The Labute approximate surface area is 92.0 Å². The van der Waals surface area contributed by atoms with Gasteiger partial charge in [0.25, 0.3) is 0 Å². The second kappa shape index (κ2) is 2.16. The fourth-order valence-corrected chi connectivity index (χ4v) is 7.23. The number of rotatable bonds is 2. The lowest BCUT2D eigenvalue weighted by Gasteiger charge is -2.33. The molecule has 6 aliphatic rings. The van der Waals surface area contributed by atoms with Crippen molar-refractivity contribution in [2.24, 2.45) is 47.3 Å². The average molecular weight is 203 g/mol. The van der Waals surface area contributed by atoms with Crippen molar-refractivity contribution in [2.45, 2.75) is 38.8 Å². The van der Waals surface area contributed by atoms with Gasteiger partial charge in [-0.2, -0.15) is 0 Å². The standard InChI is InChI=1S/C14H21N/c1-5(2)15-14-12-8-3-6-7-4-9(10(6)12)13(14)11(7)8/h5-15H,3-4H2,1-2H3/t6-,7+,8-,9-,10+,11-,12-,13-,14?/m0/s1. The maximum Gasteiger partial charge on any atom is 0.0137 e. The van der Waals surface area contributed by atoms with Crippen LogP contribution in [0.4, 0.5) is 0 Å². The topological polar surface area (TPSA) is 12.0 Å². The van der Waals surface area contributed by atoms with E-state index in [1.54, 1.807) is 12.8 Å². The highest BCUT2D eigenvalue weighted by molar-refractivity contribution is 5.29. The highest BCUT2D eigenvalue weighted by Crippen LogP contribution is 2.82. The Morgan fingerprint density at radius 3 is 1.80 bits per heavy atom. The van der Waals surface area contributed by atoms with Crippen molar-refractivity contribution in [3.05, 3.63) is 0 Å². The van der Waals surface area contributed by atoms with Gasteiger partial charge in [-0.3, -0.25) is 0 Å². The van der Waals surface area contributed by atoms with E-state index in [1.807, 2.05) is 0 Å². The lowest BCUT2D eigenvalue weighted by atomic mass is 9.71. The second-order valence-electron chi connectivity index (χ2n) is 7.28. The third kappa shape index (κ3) is 0.638. The van der Waals surface area contributed by atoms with Gasteiger partial charge in [0.2, 0.25) is 0 Å². The molecule has 0 aromatic heterocycles. The van der Waals surface area contributed by atoms with E-state index in [9.17, 15) is 0 Å². The van der Waals surface area contributed by atoms with Crippen molar-refractivity contribution in [2.75, 3.05) is 0 Å². The van der Waals surface area contributed by atoms with E-state index in [2.05, 4.69) is 19.2 Å². The fraction of sp³-hybridized carbons (Fsp3) is 1.00. The van der Waals surface area contributed by atoms with Gasteiger partial charge in [-0.05, 0) is 60.2 Å². The molecule has 6 aliphatic carbocycles. The summed E-state index contributed by atoms with van der Waals surface area (Å²) in [5, 5.41) is 3.92. The molecule has 9 atom stereocenters. The largest absolute Gasteiger partial charge is 0.311 e. The zero-order valence-corrected chi connectivity index (χ0v) is 9.69. The molecule has 6 saturated carbocycles. The molecular formula is C14H21N. The summed E-state index contributed by atoms with van der Waals surface area (Å²) in [6.45, 7) is 4.66. The molecule has 0 spiro atoms. The monoisotopic (exact) mass is 203 g/mol. The Balaban J connectivity index is 1.60. The van der Waals surface area contributed by atoms with Crippen LogP contribution in [0.5, 0.6) is 0 Å². The molecule has 6 fully saturated rings. The van der Waals surface area contributed by atoms with Crippen molar-refractivity contribution < 1.29 is 0 Å². The minimum Gasteiger partial charge on any atom is -0.311 e. The summed E-state index contributed by atoms with van der Waals surface area (Å²) in [5.74, 6) is 9.36. The Morgan fingerprint density at radius 1 is 0.800 bits per heavy atom. The van der Waals surface area contributed by atoms with Crippen LogP contribution >= 0.6 is 0 Å². The van der Waals surface area contributed by atoms with Gasteiger partial charge >= 0.3 is 0 Å². The molecule has 1 N–H and O–H groups in total. The van der Waals surface area contributed by atoms with Gasteiger partial charge in [-0.1, -0.05) is 13.8 Å². The molecule has 6 bridgehead atoms. The van der Waals surface area contributed by atoms with E-state index in [0.717, 1.165) is 17.9 Å². The normalized spacial score (nSPS) is 71.0. The molecule has 6 rings (SSSR count). The van der Waals surface area contributed by atoms with Crippen molar-refractivity contribution in [3.63, 3.8) is 0 Å². The second-order valence-corrected chi connectivity index (χ2v) is 7.28. The van der Waals surface area contributed by atoms with Crippen LogP contribution in [0.3, 0.4) is 0 Å². The zero-order chi connectivity index (χ0) is 9.89. The first kappa shape index (κ1) is 8.11. The van der Waals surface area contributed by atoms with E-state index < -0.39 is 0 Å². The SMILES string of the molecule is CC(C)NC1[C@H]2[C@H]3C[C@@H]4[C@@H]5C[C@H]([C@H]1[C@@H]35)[C@H]42. The average Bonchev–Trinajstić information content (AvgIpc) is 2.80. The third-order valence-corrected chi connectivity index (χ3v) is 6.85. The summed E-state index contributed by atoms with van der Waals surface area (Å²) >= 11 is 0. The Morgan fingerprint density at radius 2 is 1.33 bits per heavy atom. The first-order valence-electron chi connectivity index (χ1n) is 7.03. The Kier molecular flexibility index (Phi) is 1.17. The zero-order valence-electron chi connectivity index (χ0n) is 9.69. The smallest absolute Gasteiger partial charge is 0.0137 e. The van der Waals surface area contributed by atoms with Gasteiger partial charge in [-0.25, -0.2) is 0 Å². The highest BCUT2D eigenvalue weighted by atomic mass is 15.0. The van der Waals surface area contributed by atoms with Crippen molar-refractivity contribution in [1.29, 1.82) is 0 Å². The molecule has 0 aromatic rings. The maximum absolute atomic E-state index is 3.92. The van der Waals surface area contributed by atoms with E-state index in [1.165, 1.54) is 35.5 Å². The molecule has 0 heterocycles. The van der Waals surface area contributed by atoms with E-state index in [0.29, 0.717) is 6.04 Å². The minimum absolute atomic E-state index is 0.699. The molecule has 0 saturated heterocycles. The van der Waals surface area contributed by atoms with Crippen molar-refractivity contribution in [1.82, 2.24) is 5.32 Å². The van der Waals surface area contributed by atoms with E-state index in [4.69, 9.17) is 0 Å². The molecule has 0 aromatic carbocycles. The summed E-state index contributed by atoms with van der Waals surface area (Å²) in [4.78, 5) is 0. The van der Waals surface area contributed by atoms with Crippen LogP contribution in [-0.2, 0) is 0 Å². The summed E-state index contributed by atoms with van der Waals surface area (Å²) in [6, 6.07) is 1.64. The predicted molar refractivity (Wildman–Crippen MR) is 59.2 cm³/mol. The first-order chi connectivity index (χ1) is 7.27. The van der Waals surface area contributed by atoms with Crippen LogP contribution in [0.15, 0.2) is 0 Å². The molecule has 1 nitrogen and oxygen atoms in total. The minimum atomic E-state index is 0.699. The van der Waals surface area contributed by atoms with E-state index >= 15 is 0 Å². The summed E-state index contributed by atoms with van der Waals surface area (Å²) in [7, 11) is 0. The predicted octanol–water partition coefficient (Wildman–Crippen LogP) is 2.13. The first-order valence-corrected chi connectivity index (χ1v) is 7.03. The molecule has 1 unspecified atom stereocenters. The van der Waals surface area contributed by atoms with Crippen LogP contribution in [0.25, 0.3) is 0 Å². The Hall–Kier alpha value is -0.0400. The molecule has 0 aliphatic heterocycles.